The molecule has 0 saturated heterocycles. The molecule has 0 aromatic carbocycles. The lowest BCUT2D eigenvalue weighted by Gasteiger charge is -2.15. The fourth-order valence-electron chi connectivity index (χ4n) is 10.2. The van der Waals surface area contributed by atoms with Gasteiger partial charge >= 0.3 is 11.9 Å². The quantitative estimate of drug-likeness (QED) is 0.0373. The minimum atomic E-state index is -0.771. The highest BCUT2D eigenvalue weighted by molar-refractivity contribution is 5.70. The predicted molar refractivity (Wildman–Crippen MR) is 307 cm³/mol. The van der Waals surface area contributed by atoms with Crippen LogP contribution in [0.3, 0.4) is 0 Å². The van der Waals surface area contributed by atoms with Crippen molar-refractivity contribution in [3.63, 3.8) is 0 Å². The van der Waals surface area contributed by atoms with Crippen LogP contribution in [0.2, 0.25) is 0 Å². The number of unbranched alkanes of at least 4 members (excludes halogenated alkanes) is 51. The summed E-state index contributed by atoms with van der Waals surface area (Å²) in [6.45, 7) is 4.18. The average molecular weight is 988 g/mol. The van der Waals surface area contributed by atoms with Crippen molar-refractivity contribution in [3.8, 4) is 0 Å². The number of esters is 2. The van der Waals surface area contributed by atoms with Gasteiger partial charge < -0.3 is 14.6 Å². The monoisotopic (exact) mass is 987 g/mol. The number of rotatable bonds is 61. The number of hydrogen-bond donors (Lipinski definition) is 1. The van der Waals surface area contributed by atoms with Gasteiger partial charge in [0, 0.05) is 12.8 Å². The predicted octanol–water partition coefficient (Wildman–Crippen LogP) is 21.9. The Balaban J connectivity index is 3.31. The highest BCUT2D eigenvalue weighted by Crippen LogP contribution is 2.19. The van der Waals surface area contributed by atoms with Crippen molar-refractivity contribution >= 4 is 11.9 Å². The number of hydrogen-bond acceptors (Lipinski definition) is 5. The number of ether oxygens (including phenoxy) is 2. The van der Waals surface area contributed by atoms with E-state index in [1.807, 2.05) is 0 Å². The zero-order valence-corrected chi connectivity index (χ0v) is 47.8. The highest BCUT2D eigenvalue weighted by Gasteiger charge is 2.16. The van der Waals surface area contributed by atoms with Crippen LogP contribution in [0.4, 0.5) is 0 Å². The Morgan fingerprint density at radius 2 is 0.529 bits per heavy atom. The maximum atomic E-state index is 12.3. The van der Waals surface area contributed by atoms with Crippen molar-refractivity contribution < 1.29 is 24.2 Å². The van der Waals surface area contributed by atoms with E-state index in [-0.39, 0.29) is 25.2 Å². The molecule has 1 unspecified atom stereocenters. The molecule has 0 bridgehead atoms. The van der Waals surface area contributed by atoms with Gasteiger partial charge in [-0.15, -0.1) is 0 Å². The van der Waals surface area contributed by atoms with Crippen LogP contribution >= 0.6 is 0 Å². The standard InChI is InChI=1S/C65H126O5/c1-3-5-7-9-11-13-15-17-19-20-21-22-23-24-25-26-27-28-29-30-31-32-33-34-35-36-37-38-39-40-41-42-43-44-46-47-49-51-53-55-57-59-64(67)69-62-63(61-66)70-65(68)60-58-56-54-52-50-48-45-18-16-14-12-10-8-6-4-2/h18,45,63,66H,3-17,19-44,46-62H2,1-2H3/b45-18-. The van der Waals surface area contributed by atoms with E-state index in [0.29, 0.717) is 12.8 Å². The van der Waals surface area contributed by atoms with Gasteiger partial charge in [-0.05, 0) is 38.5 Å². The van der Waals surface area contributed by atoms with Crippen molar-refractivity contribution in [1.29, 1.82) is 0 Å². The first kappa shape index (κ1) is 68.6. The molecule has 1 N–H and O–H groups in total. The maximum absolute atomic E-state index is 12.3. The van der Waals surface area contributed by atoms with Crippen LogP contribution in [0.15, 0.2) is 12.2 Å². The van der Waals surface area contributed by atoms with E-state index < -0.39 is 6.10 Å². The van der Waals surface area contributed by atoms with Gasteiger partial charge in [-0.25, -0.2) is 0 Å². The molecule has 416 valence electrons. The molecule has 0 aromatic heterocycles. The Morgan fingerprint density at radius 3 is 0.771 bits per heavy atom. The van der Waals surface area contributed by atoms with Gasteiger partial charge in [-0.2, -0.15) is 0 Å². The lowest BCUT2D eigenvalue weighted by Crippen LogP contribution is -2.28. The summed E-state index contributed by atoms with van der Waals surface area (Å²) in [6.07, 6.45) is 78.3. The molecule has 0 aromatic rings. The van der Waals surface area contributed by atoms with Crippen molar-refractivity contribution in [3.05, 3.63) is 12.2 Å². The molecule has 1 atom stereocenters. The van der Waals surface area contributed by atoms with Gasteiger partial charge in [-0.1, -0.05) is 334 Å². The second kappa shape index (κ2) is 61.9. The van der Waals surface area contributed by atoms with Crippen LogP contribution in [-0.2, 0) is 19.1 Å². The zero-order chi connectivity index (χ0) is 50.6. The second-order valence-electron chi connectivity index (χ2n) is 22.2. The maximum Gasteiger partial charge on any atom is 0.306 e. The van der Waals surface area contributed by atoms with Crippen LogP contribution in [-0.4, -0.2) is 36.4 Å². The van der Waals surface area contributed by atoms with Gasteiger partial charge in [0.1, 0.15) is 6.61 Å². The molecule has 0 saturated carbocycles. The third-order valence-electron chi connectivity index (χ3n) is 15.1. The molecule has 0 amide bonds. The molecule has 0 rings (SSSR count). The third kappa shape index (κ3) is 59.2. The number of allylic oxidation sites excluding steroid dienone is 2. The summed E-state index contributed by atoms with van der Waals surface area (Å²) in [4.78, 5) is 24.5. The normalized spacial score (nSPS) is 12.1. The van der Waals surface area contributed by atoms with Gasteiger partial charge in [0.05, 0.1) is 6.61 Å². The van der Waals surface area contributed by atoms with Crippen LogP contribution in [0, 0.1) is 0 Å². The van der Waals surface area contributed by atoms with E-state index in [9.17, 15) is 14.7 Å². The number of aliphatic hydroxyl groups excluding tert-OH is 1. The summed E-state index contributed by atoms with van der Waals surface area (Å²) in [5.41, 5.74) is 0. The number of carbonyl (C=O) groups is 2. The van der Waals surface area contributed by atoms with Crippen LogP contribution in [0.5, 0.6) is 0 Å². The first-order chi connectivity index (χ1) is 34.6. The fourth-order valence-corrected chi connectivity index (χ4v) is 10.2. The fraction of sp³-hybridized carbons (Fsp3) is 0.938. The van der Waals surface area contributed by atoms with Crippen molar-refractivity contribution in [1.82, 2.24) is 0 Å². The summed E-state index contributed by atoms with van der Waals surface area (Å²) in [5, 5.41) is 9.64. The molecular weight excluding hydrogens is 861 g/mol. The Labute approximate surface area is 439 Å². The van der Waals surface area contributed by atoms with E-state index in [2.05, 4.69) is 26.0 Å². The Bertz CT molecular complexity index is 1030. The van der Waals surface area contributed by atoms with E-state index in [0.717, 1.165) is 38.5 Å². The molecule has 0 radical (unpaired) electrons. The third-order valence-corrected chi connectivity index (χ3v) is 15.1. The molecule has 5 heteroatoms. The molecule has 0 aliphatic carbocycles. The molecular formula is C65H126O5. The van der Waals surface area contributed by atoms with Gasteiger partial charge in [0.15, 0.2) is 6.10 Å². The van der Waals surface area contributed by atoms with Crippen molar-refractivity contribution in [2.45, 2.75) is 380 Å². The minimum absolute atomic E-state index is 0.0623. The van der Waals surface area contributed by atoms with E-state index in [1.165, 1.54) is 308 Å². The second-order valence-corrected chi connectivity index (χ2v) is 22.2. The largest absolute Gasteiger partial charge is 0.462 e. The first-order valence-electron chi connectivity index (χ1n) is 32.2. The Kier molecular flexibility index (Phi) is 60.7. The molecule has 70 heavy (non-hydrogen) atoms. The van der Waals surface area contributed by atoms with Crippen molar-refractivity contribution in [2.24, 2.45) is 0 Å². The summed E-state index contributed by atoms with van der Waals surface area (Å²) in [6, 6.07) is 0. The van der Waals surface area contributed by atoms with Crippen molar-refractivity contribution in [2.75, 3.05) is 13.2 Å². The van der Waals surface area contributed by atoms with Crippen LogP contribution < -0.4 is 0 Å². The Hall–Kier alpha value is -1.36. The number of carbonyl (C=O) groups excluding carboxylic acids is 2. The van der Waals surface area contributed by atoms with E-state index in [1.54, 1.807) is 0 Å². The summed E-state index contributed by atoms with van der Waals surface area (Å²) in [7, 11) is 0. The van der Waals surface area contributed by atoms with Gasteiger partial charge in [0.25, 0.3) is 0 Å². The minimum Gasteiger partial charge on any atom is -0.462 e. The smallest absolute Gasteiger partial charge is 0.306 e. The highest BCUT2D eigenvalue weighted by atomic mass is 16.6. The lowest BCUT2D eigenvalue weighted by atomic mass is 10.0. The van der Waals surface area contributed by atoms with Crippen LogP contribution in [0.25, 0.3) is 0 Å². The summed E-state index contributed by atoms with van der Waals surface area (Å²) in [5.74, 6) is -0.580. The van der Waals surface area contributed by atoms with Gasteiger partial charge in [0.2, 0.25) is 0 Å². The van der Waals surface area contributed by atoms with Crippen LogP contribution in [0.1, 0.15) is 373 Å². The van der Waals surface area contributed by atoms with E-state index in [4.69, 9.17) is 9.47 Å². The molecule has 0 spiro atoms. The first-order valence-corrected chi connectivity index (χ1v) is 32.2. The molecule has 5 nitrogen and oxygen atoms in total. The topological polar surface area (TPSA) is 72.8 Å². The molecule has 0 heterocycles. The summed E-state index contributed by atoms with van der Waals surface area (Å²) < 4.78 is 10.7. The Morgan fingerprint density at radius 1 is 0.314 bits per heavy atom. The molecule has 0 aliphatic heterocycles. The SMILES string of the molecule is CCCCCCCC/C=C\CCCCCCCC(=O)OC(CO)COC(=O)CCCCCCCCCCCCCCCCCCCCCCCCCCCCCCCCCCCCCCCCCCC. The summed E-state index contributed by atoms with van der Waals surface area (Å²) >= 11 is 0. The molecule has 0 fully saturated rings. The lowest BCUT2D eigenvalue weighted by molar-refractivity contribution is -0.161. The average Bonchev–Trinajstić information content (AvgIpc) is 3.36. The molecule has 0 aliphatic rings. The van der Waals surface area contributed by atoms with Gasteiger partial charge in [-0.3, -0.25) is 9.59 Å². The number of aliphatic hydroxyl groups is 1. The zero-order valence-electron chi connectivity index (χ0n) is 47.8. The van der Waals surface area contributed by atoms with E-state index >= 15 is 0 Å².